The number of carbonyl (C=O) groups excluding carboxylic acids is 2. The summed E-state index contributed by atoms with van der Waals surface area (Å²) < 4.78 is 11.2. The summed E-state index contributed by atoms with van der Waals surface area (Å²) in [6, 6.07) is 14.2. The Morgan fingerprint density at radius 2 is 1.81 bits per heavy atom. The minimum Gasteiger partial charge on any atom is -0.507 e. The van der Waals surface area contributed by atoms with E-state index in [4.69, 9.17) is 9.47 Å². The van der Waals surface area contributed by atoms with Crippen LogP contribution in [0, 0.1) is 12.8 Å². The largest absolute Gasteiger partial charge is 0.507 e. The smallest absolute Gasteiger partial charge is 0.295 e. The highest BCUT2D eigenvalue weighted by molar-refractivity contribution is 6.46. The number of nitrogens with zero attached hydrogens (tertiary/aromatic N) is 2. The lowest BCUT2D eigenvalue weighted by atomic mass is 9.94. The molecule has 0 aromatic heterocycles. The summed E-state index contributed by atoms with van der Waals surface area (Å²) in [7, 11) is 0. The molecule has 7 heteroatoms. The van der Waals surface area contributed by atoms with Gasteiger partial charge in [-0.15, -0.1) is 0 Å². The third kappa shape index (κ3) is 5.79. The summed E-state index contributed by atoms with van der Waals surface area (Å²) in [5.74, 6) is -0.260. The molecule has 7 nitrogen and oxygen atoms in total. The van der Waals surface area contributed by atoms with Crippen molar-refractivity contribution in [2.75, 3.05) is 46.0 Å². The van der Waals surface area contributed by atoms with Crippen LogP contribution in [-0.2, 0) is 14.3 Å². The van der Waals surface area contributed by atoms with E-state index in [2.05, 4.69) is 18.7 Å². The third-order valence-corrected chi connectivity index (χ3v) is 6.67. The molecule has 2 heterocycles. The second kappa shape index (κ2) is 11.7. The van der Waals surface area contributed by atoms with Gasteiger partial charge < -0.3 is 19.5 Å². The van der Waals surface area contributed by atoms with Gasteiger partial charge in [0.25, 0.3) is 11.7 Å². The molecule has 1 N–H and O–H groups in total. The first kappa shape index (κ1) is 25.9. The topological polar surface area (TPSA) is 79.3 Å². The van der Waals surface area contributed by atoms with Crippen molar-refractivity contribution in [2.24, 2.45) is 5.92 Å². The molecule has 192 valence electrons. The standard InChI is InChI=1S/C29H36N2O5/c1-20(2)19-36-23-10-11-24(21(3)18-23)27(32)25-26(22-8-5-4-6-9-22)31(29(34)28(25)33)13-7-12-30-14-16-35-17-15-30/h4-6,8-11,18,20,26,32H,7,12-17,19H2,1-3H3/b27-25+/t26-/m1/s1. The molecule has 0 radical (unpaired) electrons. The Balaban J connectivity index is 1.63. The lowest BCUT2D eigenvalue weighted by Gasteiger charge is -2.29. The zero-order chi connectivity index (χ0) is 25.7. The highest BCUT2D eigenvalue weighted by Crippen LogP contribution is 2.40. The zero-order valence-corrected chi connectivity index (χ0v) is 21.4. The van der Waals surface area contributed by atoms with Crippen LogP contribution in [0.15, 0.2) is 54.1 Å². The number of aryl methyl sites for hydroxylation is 1. The molecule has 2 fully saturated rings. The zero-order valence-electron chi connectivity index (χ0n) is 21.4. The second-order valence-electron chi connectivity index (χ2n) is 9.89. The molecule has 4 rings (SSSR count). The Labute approximate surface area is 213 Å². The predicted octanol–water partition coefficient (Wildman–Crippen LogP) is 4.17. The minimum absolute atomic E-state index is 0.136. The van der Waals surface area contributed by atoms with Gasteiger partial charge in [-0.05, 0) is 48.6 Å². The number of benzene rings is 2. The number of amides is 1. The van der Waals surface area contributed by atoms with E-state index in [0.29, 0.717) is 30.4 Å². The maximum Gasteiger partial charge on any atom is 0.295 e. The number of ketones is 1. The molecule has 2 aromatic rings. The first-order chi connectivity index (χ1) is 17.4. The van der Waals surface area contributed by atoms with Crippen LogP contribution in [0.25, 0.3) is 5.76 Å². The minimum atomic E-state index is -0.646. The van der Waals surface area contributed by atoms with Crippen molar-refractivity contribution < 1.29 is 24.2 Å². The monoisotopic (exact) mass is 492 g/mol. The number of carbonyl (C=O) groups is 2. The Kier molecular flexibility index (Phi) is 8.44. The molecule has 36 heavy (non-hydrogen) atoms. The Morgan fingerprint density at radius 3 is 2.47 bits per heavy atom. The summed E-state index contributed by atoms with van der Waals surface area (Å²) in [5.41, 5.74) is 2.24. The number of morpholine rings is 1. The van der Waals surface area contributed by atoms with Crippen LogP contribution in [0.1, 0.15) is 43.0 Å². The average molecular weight is 493 g/mol. The van der Waals surface area contributed by atoms with Crippen molar-refractivity contribution in [2.45, 2.75) is 33.2 Å². The number of aliphatic hydroxyl groups excluding tert-OH is 1. The quantitative estimate of drug-likeness (QED) is 0.322. The van der Waals surface area contributed by atoms with Gasteiger partial charge in [-0.2, -0.15) is 0 Å². The lowest BCUT2D eigenvalue weighted by molar-refractivity contribution is -0.140. The average Bonchev–Trinajstić information content (AvgIpc) is 3.13. The summed E-state index contributed by atoms with van der Waals surface area (Å²) >= 11 is 0. The van der Waals surface area contributed by atoms with Crippen LogP contribution < -0.4 is 4.74 Å². The molecule has 0 unspecified atom stereocenters. The summed E-state index contributed by atoms with van der Waals surface area (Å²) in [5, 5.41) is 11.4. The SMILES string of the molecule is Cc1cc(OCC(C)C)ccc1/C(O)=C1\C(=O)C(=O)N(CCCN2CCOCC2)[C@@H]1c1ccccc1. The molecule has 2 aliphatic rings. The molecule has 1 atom stereocenters. The highest BCUT2D eigenvalue weighted by Gasteiger charge is 2.45. The molecule has 0 saturated carbocycles. The van der Waals surface area contributed by atoms with E-state index in [1.54, 1.807) is 17.0 Å². The van der Waals surface area contributed by atoms with Gasteiger partial charge in [0, 0.05) is 31.7 Å². The fraction of sp³-hybridized carbons (Fsp3) is 0.448. The van der Waals surface area contributed by atoms with E-state index in [0.717, 1.165) is 50.4 Å². The van der Waals surface area contributed by atoms with E-state index in [1.165, 1.54) is 0 Å². The molecular weight excluding hydrogens is 456 g/mol. The molecule has 2 aromatic carbocycles. The second-order valence-corrected chi connectivity index (χ2v) is 9.89. The number of likely N-dealkylation sites (tertiary alicyclic amines) is 1. The van der Waals surface area contributed by atoms with E-state index < -0.39 is 17.7 Å². The maximum absolute atomic E-state index is 13.3. The molecular formula is C29H36N2O5. The van der Waals surface area contributed by atoms with Gasteiger partial charge in [-0.1, -0.05) is 44.2 Å². The Hall–Kier alpha value is -3.16. The lowest BCUT2D eigenvalue weighted by Crippen LogP contribution is -2.38. The fourth-order valence-corrected chi connectivity index (χ4v) is 4.78. The van der Waals surface area contributed by atoms with Gasteiger partial charge in [0.1, 0.15) is 11.5 Å². The van der Waals surface area contributed by atoms with E-state index >= 15 is 0 Å². The van der Waals surface area contributed by atoms with Gasteiger partial charge in [0.2, 0.25) is 0 Å². The molecule has 1 amide bonds. The molecule has 0 spiro atoms. The van der Waals surface area contributed by atoms with Gasteiger partial charge in [-0.25, -0.2) is 0 Å². The van der Waals surface area contributed by atoms with Gasteiger partial charge in [0.15, 0.2) is 0 Å². The van der Waals surface area contributed by atoms with E-state index in [-0.39, 0.29) is 11.3 Å². The van der Waals surface area contributed by atoms with E-state index in [9.17, 15) is 14.7 Å². The van der Waals surface area contributed by atoms with E-state index in [1.807, 2.05) is 43.3 Å². The van der Waals surface area contributed by atoms with Crippen molar-refractivity contribution in [1.82, 2.24) is 9.80 Å². The maximum atomic E-state index is 13.3. The number of ether oxygens (including phenoxy) is 2. The Bertz CT molecular complexity index is 1110. The van der Waals surface area contributed by atoms with Crippen LogP contribution in [0.4, 0.5) is 0 Å². The predicted molar refractivity (Wildman–Crippen MR) is 139 cm³/mol. The summed E-state index contributed by atoms with van der Waals surface area (Å²) in [6.07, 6.45) is 0.733. The van der Waals surface area contributed by atoms with Crippen LogP contribution in [-0.4, -0.2) is 72.6 Å². The van der Waals surface area contributed by atoms with Crippen LogP contribution >= 0.6 is 0 Å². The molecule has 2 aliphatic heterocycles. The van der Waals surface area contributed by atoms with Crippen LogP contribution in [0.2, 0.25) is 0 Å². The summed E-state index contributed by atoms with van der Waals surface area (Å²) in [4.78, 5) is 30.4. The van der Waals surface area contributed by atoms with Gasteiger partial charge in [-0.3, -0.25) is 14.5 Å². The first-order valence-electron chi connectivity index (χ1n) is 12.7. The van der Waals surface area contributed by atoms with Crippen LogP contribution in [0.3, 0.4) is 0 Å². The van der Waals surface area contributed by atoms with Gasteiger partial charge >= 0.3 is 0 Å². The number of aliphatic hydroxyl groups is 1. The number of rotatable bonds is 9. The van der Waals surface area contributed by atoms with Crippen molar-refractivity contribution in [3.05, 3.63) is 70.8 Å². The number of Topliss-reactive ketones (excluding diaryl/α,β-unsaturated/α-hetero) is 1. The Morgan fingerprint density at radius 1 is 1.08 bits per heavy atom. The fourth-order valence-electron chi connectivity index (χ4n) is 4.78. The van der Waals surface area contributed by atoms with Crippen molar-refractivity contribution in [1.29, 1.82) is 0 Å². The van der Waals surface area contributed by atoms with Crippen LogP contribution in [0.5, 0.6) is 5.75 Å². The molecule has 0 bridgehead atoms. The third-order valence-electron chi connectivity index (χ3n) is 6.67. The van der Waals surface area contributed by atoms with Crippen molar-refractivity contribution >= 4 is 17.4 Å². The number of hydrogen-bond acceptors (Lipinski definition) is 6. The number of hydrogen-bond donors (Lipinski definition) is 1. The highest BCUT2D eigenvalue weighted by atomic mass is 16.5. The van der Waals surface area contributed by atoms with Crippen molar-refractivity contribution in [3.63, 3.8) is 0 Å². The molecule has 2 saturated heterocycles. The molecule has 0 aliphatic carbocycles. The van der Waals surface area contributed by atoms with Gasteiger partial charge in [0.05, 0.1) is 31.4 Å². The van der Waals surface area contributed by atoms with Crippen molar-refractivity contribution in [3.8, 4) is 5.75 Å². The first-order valence-corrected chi connectivity index (χ1v) is 12.7. The summed E-state index contributed by atoms with van der Waals surface area (Å²) in [6.45, 7) is 11.1. The normalized spacial score (nSPS) is 20.3.